The summed E-state index contributed by atoms with van der Waals surface area (Å²) in [6, 6.07) is 21.4. The third-order valence-corrected chi connectivity index (χ3v) is 6.48. The molecule has 0 radical (unpaired) electrons. The summed E-state index contributed by atoms with van der Waals surface area (Å²) < 4.78 is 22.5. The van der Waals surface area contributed by atoms with Crippen LogP contribution >= 0.6 is 0 Å². The van der Waals surface area contributed by atoms with Crippen molar-refractivity contribution >= 4 is 11.6 Å². The van der Waals surface area contributed by atoms with Crippen molar-refractivity contribution in [1.82, 2.24) is 9.80 Å². The third-order valence-electron chi connectivity index (χ3n) is 6.48. The molecule has 0 aromatic heterocycles. The summed E-state index contributed by atoms with van der Waals surface area (Å²) in [6.07, 6.45) is 1.65. The molecule has 1 atom stereocenters. The lowest BCUT2D eigenvalue weighted by Gasteiger charge is -2.35. The minimum absolute atomic E-state index is 0.0544. The summed E-state index contributed by atoms with van der Waals surface area (Å²) in [5.41, 5.74) is 2.94. The highest BCUT2D eigenvalue weighted by Gasteiger charge is 2.26. The fourth-order valence-electron chi connectivity index (χ4n) is 4.26. The highest BCUT2D eigenvalue weighted by molar-refractivity contribution is 5.94. The fourth-order valence-corrected chi connectivity index (χ4v) is 4.26. The van der Waals surface area contributed by atoms with Crippen LogP contribution < -0.4 is 28.7 Å². The van der Waals surface area contributed by atoms with E-state index in [2.05, 4.69) is 24.5 Å². The zero-order valence-corrected chi connectivity index (χ0v) is 21.9. The van der Waals surface area contributed by atoms with E-state index in [0.29, 0.717) is 33.8 Å². The minimum atomic E-state index is -0.0544. The Balaban J connectivity index is 1.76. The van der Waals surface area contributed by atoms with Crippen molar-refractivity contribution in [2.75, 3.05) is 55.1 Å². The van der Waals surface area contributed by atoms with Gasteiger partial charge in [0.15, 0.2) is 23.0 Å². The SMILES string of the molecule is COc1ccc(CC[N+](C)(CCCNC(=O)c2ccccc2)c2ccc(OC)c(OC)c2)cc1OC. The van der Waals surface area contributed by atoms with E-state index in [1.165, 1.54) is 0 Å². The van der Waals surface area contributed by atoms with Gasteiger partial charge in [0.25, 0.3) is 5.91 Å². The van der Waals surface area contributed by atoms with Crippen molar-refractivity contribution in [3.05, 3.63) is 77.9 Å². The number of quaternary nitrogens is 1. The zero-order valence-electron chi connectivity index (χ0n) is 21.9. The largest absolute Gasteiger partial charge is 0.493 e. The van der Waals surface area contributed by atoms with Gasteiger partial charge >= 0.3 is 0 Å². The molecule has 0 aliphatic rings. The number of carbonyl (C=O) groups excluding carboxylic acids is 1. The lowest BCUT2D eigenvalue weighted by molar-refractivity contribution is 0.0952. The highest BCUT2D eigenvalue weighted by Crippen LogP contribution is 2.34. The molecule has 0 saturated heterocycles. The van der Waals surface area contributed by atoms with Gasteiger partial charge in [-0.05, 0) is 35.9 Å². The molecule has 3 aromatic rings. The van der Waals surface area contributed by atoms with Crippen molar-refractivity contribution in [3.8, 4) is 23.0 Å². The lowest BCUT2D eigenvalue weighted by atomic mass is 10.1. The van der Waals surface area contributed by atoms with Gasteiger partial charge in [-0.25, -0.2) is 0 Å². The first-order valence-electron chi connectivity index (χ1n) is 12.1. The van der Waals surface area contributed by atoms with E-state index in [4.69, 9.17) is 18.9 Å². The van der Waals surface area contributed by atoms with Crippen molar-refractivity contribution in [3.63, 3.8) is 0 Å². The van der Waals surface area contributed by atoms with E-state index in [0.717, 1.165) is 42.9 Å². The number of ether oxygens (including phenoxy) is 4. The number of hydrogen-bond donors (Lipinski definition) is 1. The Morgan fingerprint density at radius 3 is 2.00 bits per heavy atom. The fraction of sp³-hybridized carbons (Fsp3) is 0.345. The normalized spacial score (nSPS) is 12.4. The van der Waals surface area contributed by atoms with Gasteiger partial charge in [0.05, 0.1) is 48.6 Å². The summed E-state index contributed by atoms with van der Waals surface area (Å²) >= 11 is 0. The topological polar surface area (TPSA) is 66.0 Å². The number of nitrogens with zero attached hydrogens (tertiary/aromatic N) is 1. The van der Waals surface area contributed by atoms with Gasteiger partial charge < -0.3 is 24.3 Å². The van der Waals surface area contributed by atoms with Crippen LogP contribution in [0.3, 0.4) is 0 Å². The molecule has 0 spiro atoms. The summed E-state index contributed by atoms with van der Waals surface area (Å²) in [5, 5.41) is 3.04. The van der Waals surface area contributed by atoms with Gasteiger partial charge in [-0.15, -0.1) is 0 Å². The molecule has 1 unspecified atom stereocenters. The van der Waals surface area contributed by atoms with E-state index in [1.54, 1.807) is 28.4 Å². The van der Waals surface area contributed by atoms with Gasteiger partial charge in [-0.1, -0.05) is 24.3 Å². The second-order valence-electron chi connectivity index (χ2n) is 8.80. The molecule has 0 aliphatic heterocycles. The molecule has 7 heteroatoms. The van der Waals surface area contributed by atoms with Crippen LogP contribution in [0, 0.1) is 0 Å². The third kappa shape index (κ3) is 6.70. The first-order chi connectivity index (χ1) is 17.4. The maximum Gasteiger partial charge on any atom is 0.251 e. The molecule has 1 amide bonds. The van der Waals surface area contributed by atoms with Crippen LogP contribution in [0.1, 0.15) is 22.3 Å². The van der Waals surface area contributed by atoms with Gasteiger partial charge in [0.1, 0.15) is 5.69 Å². The van der Waals surface area contributed by atoms with E-state index in [-0.39, 0.29) is 5.91 Å². The van der Waals surface area contributed by atoms with Crippen molar-refractivity contribution in [2.24, 2.45) is 0 Å². The Labute approximate surface area is 214 Å². The predicted octanol–water partition coefficient (Wildman–Crippen LogP) is 4.72. The average Bonchev–Trinajstić information content (AvgIpc) is 2.93. The molecular weight excluding hydrogens is 456 g/mol. The maximum absolute atomic E-state index is 12.4. The number of amides is 1. The van der Waals surface area contributed by atoms with Crippen LogP contribution in [0.2, 0.25) is 0 Å². The van der Waals surface area contributed by atoms with Crippen LogP contribution in [0.25, 0.3) is 0 Å². The second-order valence-corrected chi connectivity index (χ2v) is 8.80. The number of hydrogen-bond acceptors (Lipinski definition) is 5. The van der Waals surface area contributed by atoms with Crippen LogP contribution in [-0.2, 0) is 6.42 Å². The minimum Gasteiger partial charge on any atom is -0.493 e. The summed E-state index contributed by atoms with van der Waals surface area (Å²) in [6.45, 7) is 2.26. The first kappa shape index (κ1) is 26.9. The molecule has 3 rings (SSSR count). The first-order valence-corrected chi connectivity index (χ1v) is 12.1. The van der Waals surface area contributed by atoms with Crippen LogP contribution in [-0.4, -0.2) is 61.0 Å². The lowest BCUT2D eigenvalue weighted by Crippen LogP contribution is -2.48. The second kappa shape index (κ2) is 12.8. The average molecular weight is 494 g/mol. The molecule has 3 aromatic carbocycles. The van der Waals surface area contributed by atoms with Gasteiger partial charge in [-0.2, -0.15) is 0 Å². The van der Waals surface area contributed by atoms with Crippen molar-refractivity contribution in [1.29, 1.82) is 0 Å². The number of benzene rings is 3. The Kier molecular flexibility index (Phi) is 9.59. The summed E-state index contributed by atoms with van der Waals surface area (Å²) in [7, 11) is 8.78. The van der Waals surface area contributed by atoms with E-state index >= 15 is 0 Å². The molecule has 0 aliphatic carbocycles. The van der Waals surface area contributed by atoms with Crippen LogP contribution in [0.15, 0.2) is 66.7 Å². The molecule has 1 N–H and O–H groups in total. The van der Waals surface area contributed by atoms with Gasteiger partial charge in [-0.3, -0.25) is 9.28 Å². The molecule has 7 nitrogen and oxygen atoms in total. The summed E-state index contributed by atoms with van der Waals surface area (Å²) in [5.74, 6) is 2.78. The number of carbonyl (C=O) groups is 1. The number of nitrogens with one attached hydrogen (secondary N) is 1. The molecule has 0 bridgehead atoms. The van der Waals surface area contributed by atoms with Crippen molar-refractivity contribution < 1.29 is 23.7 Å². The van der Waals surface area contributed by atoms with Crippen LogP contribution in [0.4, 0.5) is 5.69 Å². The molecule has 0 heterocycles. The number of methoxy groups -OCH3 is 4. The molecule has 192 valence electrons. The monoisotopic (exact) mass is 493 g/mol. The molecule has 36 heavy (non-hydrogen) atoms. The molecular formula is C29H37N2O5+. The highest BCUT2D eigenvalue weighted by atomic mass is 16.5. The quantitative estimate of drug-likeness (QED) is 0.276. The predicted molar refractivity (Wildman–Crippen MR) is 144 cm³/mol. The Hall–Kier alpha value is -3.71. The Morgan fingerprint density at radius 2 is 1.36 bits per heavy atom. The number of likely N-dealkylation sites (N-methyl/N-ethyl adjacent to an activating group) is 1. The van der Waals surface area contributed by atoms with Crippen LogP contribution in [0.5, 0.6) is 23.0 Å². The van der Waals surface area contributed by atoms with E-state index in [1.807, 2.05) is 54.6 Å². The zero-order chi connectivity index (χ0) is 26.0. The standard InChI is InChI=1S/C29H36N2O5/c1-31(24-13-15-26(34-3)28(21-24)36-5,18-9-17-30-29(32)23-10-7-6-8-11-23)19-16-22-12-14-25(33-2)27(20-22)35-4/h6-8,10-15,20-21H,9,16-19H2,1-5H3/p+1. The van der Waals surface area contributed by atoms with E-state index in [9.17, 15) is 4.79 Å². The Morgan fingerprint density at radius 1 is 0.750 bits per heavy atom. The summed E-state index contributed by atoms with van der Waals surface area (Å²) in [4.78, 5) is 12.4. The number of rotatable bonds is 13. The maximum atomic E-state index is 12.4. The van der Waals surface area contributed by atoms with Crippen molar-refractivity contribution in [2.45, 2.75) is 12.8 Å². The Bertz CT molecular complexity index is 1140. The smallest absolute Gasteiger partial charge is 0.251 e. The van der Waals surface area contributed by atoms with Gasteiger partial charge in [0.2, 0.25) is 0 Å². The van der Waals surface area contributed by atoms with E-state index < -0.39 is 0 Å². The molecule has 0 saturated carbocycles. The van der Waals surface area contributed by atoms with Gasteiger partial charge in [0, 0.05) is 37.1 Å². The molecule has 0 fully saturated rings.